The number of nitrogens with one attached hydrogen (secondary N) is 1. The zero-order chi connectivity index (χ0) is 19.2. The minimum absolute atomic E-state index is 0.0566. The SMILES string of the molecule is Cc1ccc(Nc2cc(C(=O)N(Cc3ccccc3)C(C)C)ncn2)cc1. The summed E-state index contributed by atoms with van der Waals surface area (Å²) < 4.78 is 0. The van der Waals surface area contributed by atoms with Crippen molar-refractivity contribution in [1.82, 2.24) is 14.9 Å². The molecule has 5 heteroatoms. The van der Waals surface area contributed by atoms with Crippen LogP contribution in [0.15, 0.2) is 67.0 Å². The normalized spacial score (nSPS) is 10.7. The van der Waals surface area contributed by atoms with Crippen LogP contribution >= 0.6 is 0 Å². The number of aryl methyl sites for hydroxylation is 1. The summed E-state index contributed by atoms with van der Waals surface area (Å²) in [5, 5.41) is 3.22. The van der Waals surface area contributed by atoms with Gasteiger partial charge in [0.2, 0.25) is 0 Å². The highest BCUT2D eigenvalue weighted by Gasteiger charge is 2.20. The number of hydrogen-bond acceptors (Lipinski definition) is 4. The van der Waals surface area contributed by atoms with Gasteiger partial charge in [0, 0.05) is 24.3 Å². The Morgan fingerprint density at radius 1 is 1.04 bits per heavy atom. The van der Waals surface area contributed by atoms with Crippen LogP contribution in [0.1, 0.15) is 35.5 Å². The topological polar surface area (TPSA) is 58.1 Å². The summed E-state index contributed by atoms with van der Waals surface area (Å²) in [6.07, 6.45) is 1.42. The lowest BCUT2D eigenvalue weighted by molar-refractivity contribution is 0.0684. The molecule has 0 unspecified atom stereocenters. The Morgan fingerprint density at radius 2 is 1.74 bits per heavy atom. The van der Waals surface area contributed by atoms with E-state index in [0.29, 0.717) is 18.1 Å². The van der Waals surface area contributed by atoms with Gasteiger partial charge >= 0.3 is 0 Å². The number of aromatic nitrogens is 2. The molecule has 5 nitrogen and oxygen atoms in total. The zero-order valence-electron chi connectivity index (χ0n) is 15.9. The average molecular weight is 360 g/mol. The molecule has 27 heavy (non-hydrogen) atoms. The Morgan fingerprint density at radius 3 is 2.41 bits per heavy atom. The molecule has 0 radical (unpaired) electrons. The molecule has 0 saturated carbocycles. The molecule has 0 atom stereocenters. The van der Waals surface area contributed by atoms with Crippen LogP contribution in [-0.2, 0) is 6.54 Å². The van der Waals surface area contributed by atoms with Crippen molar-refractivity contribution in [2.75, 3.05) is 5.32 Å². The number of anilines is 2. The Hall–Kier alpha value is -3.21. The second-order valence-electron chi connectivity index (χ2n) is 6.79. The summed E-state index contributed by atoms with van der Waals surface area (Å²) in [6.45, 7) is 6.60. The standard InChI is InChI=1S/C22H24N4O/c1-16(2)26(14-18-7-5-4-6-8-18)22(27)20-13-21(24-15-23-20)25-19-11-9-17(3)10-12-19/h4-13,15-16H,14H2,1-3H3,(H,23,24,25). The van der Waals surface area contributed by atoms with E-state index in [1.54, 1.807) is 6.07 Å². The number of hydrogen-bond donors (Lipinski definition) is 1. The second-order valence-corrected chi connectivity index (χ2v) is 6.79. The third-order valence-corrected chi connectivity index (χ3v) is 4.29. The minimum Gasteiger partial charge on any atom is -0.340 e. The molecule has 0 bridgehead atoms. The van der Waals surface area contributed by atoms with Crippen molar-refractivity contribution >= 4 is 17.4 Å². The molecule has 0 aliphatic carbocycles. The van der Waals surface area contributed by atoms with E-state index in [-0.39, 0.29) is 11.9 Å². The fourth-order valence-electron chi connectivity index (χ4n) is 2.74. The molecule has 2 aromatic carbocycles. The Bertz CT molecular complexity index is 892. The molecule has 1 aromatic heterocycles. The van der Waals surface area contributed by atoms with Gasteiger partial charge in [0.1, 0.15) is 17.8 Å². The monoisotopic (exact) mass is 360 g/mol. The van der Waals surface area contributed by atoms with E-state index in [1.807, 2.05) is 80.3 Å². The van der Waals surface area contributed by atoms with Gasteiger partial charge in [-0.2, -0.15) is 0 Å². The van der Waals surface area contributed by atoms with Crippen LogP contribution in [0.2, 0.25) is 0 Å². The maximum absolute atomic E-state index is 13.0. The molecule has 1 heterocycles. The smallest absolute Gasteiger partial charge is 0.273 e. The molecule has 0 saturated heterocycles. The average Bonchev–Trinajstić information content (AvgIpc) is 2.68. The van der Waals surface area contributed by atoms with Crippen LogP contribution in [0.4, 0.5) is 11.5 Å². The first-order valence-electron chi connectivity index (χ1n) is 9.03. The molecule has 1 N–H and O–H groups in total. The first kappa shape index (κ1) is 18.6. The molecule has 0 spiro atoms. The van der Waals surface area contributed by atoms with Gasteiger partial charge in [0.15, 0.2) is 0 Å². The summed E-state index contributed by atoms with van der Waals surface area (Å²) in [4.78, 5) is 23.3. The molecule has 1 amide bonds. The predicted molar refractivity (Wildman–Crippen MR) is 108 cm³/mol. The van der Waals surface area contributed by atoms with Crippen LogP contribution in [-0.4, -0.2) is 26.8 Å². The number of amides is 1. The third-order valence-electron chi connectivity index (χ3n) is 4.29. The lowest BCUT2D eigenvalue weighted by atomic mass is 10.1. The molecule has 0 aliphatic heterocycles. The predicted octanol–water partition coefficient (Wildman–Crippen LogP) is 4.58. The summed E-state index contributed by atoms with van der Waals surface area (Å²) in [5.74, 6) is 0.490. The van der Waals surface area contributed by atoms with Crippen LogP contribution in [0.3, 0.4) is 0 Å². The first-order chi connectivity index (χ1) is 13.0. The highest BCUT2D eigenvalue weighted by atomic mass is 16.2. The van der Waals surface area contributed by atoms with Gasteiger partial charge in [-0.25, -0.2) is 9.97 Å². The van der Waals surface area contributed by atoms with Crippen LogP contribution in [0, 0.1) is 6.92 Å². The summed E-state index contributed by atoms with van der Waals surface area (Å²) in [5.41, 5.74) is 3.58. The van der Waals surface area contributed by atoms with E-state index >= 15 is 0 Å². The molecular formula is C22H24N4O. The highest BCUT2D eigenvalue weighted by molar-refractivity contribution is 5.93. The van der Waals surface area contributed by atoms with Gasteiger partial charge in [-0.05, 0) is 38.5 Å². The quantitative estimate of drug-likeness (QED) is 0.699. The lowest BCUT2D eigenvalue weighted by Crippen LogP contribution is -2.36. The number of rotatable bonds is 6. The van der Waals surface area contributed by atoms with Gasteiger partial charge in [-0.15, -0.1) is 0 Å². The van der Waals surface area contributed by atoms with Gasteiger partial charge < -0.3 is 10.2 Å². The fraction of sp³-hybridized carbons (Fsp3) is 0.227. The van der Waals surface area contributed by atoms with E-state index in [1.165, 1.54) is 11.9 Å². The maximum atomic E-state index is 13.0. The molecule has 0 fully saturated rings. The summed E-state index contributed by atoms with van der Waals surface area (Å²) >= 11 is 0. The van der Waals surface area contributed by atoms with E-state index in [2.05, 4.69) is 15.3 Å². The van der Waals surface area contributed by atoms with Crippen molar-refractivity contribution in [2.24, 2.45) is 0 Å². The second kappa shape index (κ2) is 8.45. The minimum atomic E-state index is -0.108. The van der Waals surface area contributed by atoms with Crippen LogP contribution in [0.5, 0.6) is 0 Å². The van der Waals surface area contributed by atoms with E-state index in [4.69, 9.17) is 0 Å². The number of carbonyl (C=O) groups excluding carboxylic acids is 1. The van der Waals surface area contributed by atoms with Crippen molar-refractivity contribution in [1.29, 1.82) is 0 Å². The number of carbonyl (C=O) groups is 1. The molecule has 138 valence electrons. The highest BCUT2D eigenvalue weighted by Crippen LogP contribution is 2.17. The van der Waals surface area contributed by atoms with Crippen molar-refractivity contribution in [3.8, 4) is 0 Å². The van der Waals surface area contributed by atoms with Gasteiger partial charge in [0.25, 0.3) is 5.91 Å². The summed E-state index contributed by atoms with van der Waals surface area (Å²) in [7, 11) is 0. The van der Waals surface area contributed by atoms with Crippen LogP contribution in [0.25, 0.3) is 0 Å². The van der Waals surface area contributed by atoms with Gasteiger partial charge in [-0.1, -0.05) is 48.0 Å². The van der Waals surface area contributed by atoms with Crippen molar-refractivity contribution < 1.29 is 4.79 Å². The zero-order valence-corrected chi connectivity index (χ0v) is 15.9. The van der Waals surface area contributed by atoms with E-state index < -0.39 is 0 Å². The lowest BCUT2D eigenvalue weighted by Gasteiger charge is -2.26. The van der Waals surface area contributed by atoms with Crippen molar-refractivity contribution in [3.63, 3.8) is 0 Å². The Labute approximate surface area is 160 Å². The van der Waals surface area contributed by atoms with Gasteiger partial charge in [0.05, 0.1) is 0 Å². The van der Waals surface area contributed by atoms with Gasteiger partial charge in [-0.3, -0.25) is 4.79 Å². The molecule has 3 aromatic rings. The molecular weight excluding hydrogens is 336 g/mol. The molecule has 3 rings (SSSR count). The largest absolute Gasteiger partial charge is 0.340 e. The number of benzene rings is 2. The Balaban J connectivity index is 1.79. The summed E-state index contributed by atoms with van der Waals surface area (Å²) in [6, 6.07) is 19.7. The van der Waals surface area contributed by atoms with Crippen LogP contribution < -0.4 is 5.32 Å². The van der Waals surface area contributed by atoms with Crippen molar-refractivity contribution in [3.05, 3.63) is 83.8 Å². The Kier molecular flexibility index (Phi) is 5.81. The first-order valence-corrected chi connectivity index (χ1v) is 9.03. The van der Waals surface area contributed by atoms with Crippen molar-refractivity contribution in [2.45, 2.75) is 33.4 Å². The van der Waals surface area contributed by atoms with E-state index in [0.717, 1.165) is 11.3 Å². The third kappa shape index (κ3) is 4.91. The maximum Gasteiger partial charge on any atom is 0.273 e. The fourth-order valence-corrected chi connectivity index (χ4v) is 2.74. The number of nitrogens with zero attached hydrogens (tertiary/aromatic N) is 3. The molecule has 0 aliphatic rings. The van der Waals surface area contributed by atoms with E-state index in [9.17, 15) is 4.79 Å².